The van der Waals surface area contributed by atoms with Crippen LogP contribution in [0.1, 0.15) is 91.9 Å². The van der Waals surface area contributed by atoms with E-state index in [4.69, 9.17) is 50.2 Å². The molecule has 0 aliphatic carbocycles. The molecule has 8 N–H and O–H groups in total. The first-order valence-electron chi connectivity index (χ1n) is 30.5. The van der Waals surface area contributed by atoms with E-state index in [-0.39, 0.29) is 135 Å². The zero-order valence-corrected chi connectivity index (χ0v) is 57.0. The maximum Gasteiger partial charge on any atom is 1.00 e. The summed E-state index contributed by atoms with van der Waals surface area (Å²) in [6, 6.07) is 48.3. The Hall–Kier alpha value is -13.0. The van der Waals surface area contributed by atoms with Crippen molar-refractivity contribution in [3.8, 4) is 51.6 Å². The van der Waals surface area contributed by atoms with Crippen LogP contribution < -0.4 is 35.9 Å². The molecule has 36 heteroatoms. The fraction of sp³-hybridized carbons (Fsp3) is 0.127. The summed E-state index contributed by atoms with van der Waals surface area (Å²) in [5, 5.41) is 60.7. The van der Waals surface area contributed by atoms with Crippen LogP contribution in [0, 0.1) is 45.8 Å². The predicted octanol–water partition coefficient (Wildman–Crippen LogP) is 9.48. The second kappa shape index (κ2) is 41.9. The Morgan fingerprint density at radius 1 is 0.505 bits per heavy atom. The molecule has 0 aliphatic rings. The zero-order valence-electron chi connectivity index (χ0n) is 56.2. The van der Waals surface area contributed by atoms with E-state index in [2.05, 4.69) is 56.1 Å². The number of nitrogens with two attached hydrogens (primary N) is 2. The molecule has 0 unspecified atom stereocenters. The number of carboxylic acids is 1. The van der Waals surface area contributed by atoms with Crippen LogP contribution in [-0.4, -0.2) is 106 Å². The molecule has 548 valence electrons. The Labute approximate surface area is 623 Å². The maximum atomic E-state index is 13.9. The van der Waals surface area contributed by atoms with Gasteiger partial charge in [0.2, 0.25) is 0 Å². The number of carbonyl (C=O) groups excluding carboxylic acids is 2. The van der Waals surface area contributed by atoms with Gasteiger partial charge in [0, 0.05) is 89.8 Å². The topological polar surface area (TPSA) is 424 Å². The number of nitriles is 1. The third-order valence-corrected chi connectivity index (χ3v) is 14.2. The molecule has 0 amide bonds. The first kappa shape index (κ1) is 84.6. The van der Waals surface area contributed by atoms with E-state index in [1.54, 1.807) is 145 Å². The number of benzene rings is 5. The largest absolute Gasteiger partial charge is 1.00 e. The van der Waals surface area contributed by atoms with Crippen LogP contribution in [0.3, 0.4) is 0 Å². The van der Waals surface area contributed by atoms with E-state index < -0.39 is 11.9 Å². The van der Waals surface area contributed by atoms with Crippen LogP contribution in [0.5, 0.6) is 0 Å². The second-order valence-electron chi connectivity index (χ2n) is 21.2. The standard InChI is InChI=1S/C16H14FN3O3.C14H12FN5O.C14H9FN4O.C14H10FN3O3.C7H9FN2.C5H5NO2.CH4.ClH.Li.H2O/c1-2-22-16(21)14-9-15(13-7-8-23-19-13)20(18-14)10-11-5-3-4-6-12(11)17;15-10-4-2-1-3-9(10)8-20-13(11-5-6-21-19-11)7-12(18-20)14(16)17;15-12-4-2-1-3-10(12)9-19-14(7-11(8-16)17-19)13-5-6-20-18-13;15-10-4-2-1-3-9(10)8-18-13(11-5-6-21-17-11)7-12(16-18)14(19)20;8-7-4-2-1-3-6(7)5-10-9;1-4(7)5-2-3-8-6-5;;;;/h3-9H,2,10H2,1H3;1-7H,8H2,(H3,16,17);1-7H,9H2;1-7H,8H2,(H,19,20);1-4,10H,5,9H2;2-3H,1H3;1H4;1H;;1H2/q;;;;;;;;+1;/p-1. The fourth-order valence-electron chi connectivity index (χ4n) is 9.25. The van der Waals surface area contributed by atoms with Crippen molar-refractivity contribution in [1.82, 2.24) is 70.3 Å². The number of esters is 1. The molecule has 0 fully saturated rings. The molecule has 0 radical (unpaired) electrons. The molecule has 9 heterocycles. The van der Waals surface area contributed by atoms with Crippen molar-refractivity contribution >= 4 is 36.0 Å². The number of Topliss-reactive ketones (excluding diaryl/α,β-unsaturated/α-hetero) is 1. The Morgan fingerprint density at radius 3 is 1.12 bits per heavy atom. The summed E-state index contributed by atoms with van der Waals surface area (Å²) in [7, 11) is 0. The summed E-state index contributed by atoms with van der Waals surface area (Å²) in [6.07, 6.45) is 7.03. The van der Waals surface area contributed by atoms with Crippen molar-refractivity contribution in [2.24, 2.45) is 11.6 Å². The summed E-state index contributed by atoms with van der Waals surface area (Å²) in [5.41, 5.74) is 15.5. The third-order valence-electron chi connectivity index (χ3n) is 14.2. The van der Waals surface area contributed by atoms with Crippen LogP contribution in [0.4, 0.5) is 22.0 Å². The molecule has 0 atom stereocenters. The number of ketones is 1. The van der Waals surface area contributed by atoms with Gasteiger partial charge in [-0.25, -0.2) is 31.5 Å². The number of hydrazine groups is 1. The number of ether oxygens (including phenoxy) is 1. The Kier molecular flexibility index (Phi) is 33.2. The number of nitrogens with zero attached hydrogens (tertiary/aromatic N) is 14. The van der Waals surface area contributed by atoms with E-state index in [1.165, 1.54) is 94.7 Å². The van der Waals surface area contributed by atoms with Crippen LogP contribution in [0.15, 0.2) is 230 Å². The van der Waals surface area contributed by atoms with Gasteiger partial charge >= 0.3 is 30.8 Å². The van der Waals surface area contributed by atoms with Crippen LogP contribution in [0.25, 0.3) is 45.6 Å². The van der Waals surface area contributed by atoms with Crippen molar-refractivity contribution in [2.45, 2.75) is 54.0 Å². The number of nitrogens with one attached hydrogen (secondary N) is 2. The molecule has 14 rings (SSSR count). The minimum atomic E-state index is -1.16. The molecule has 9 aromatic heterocycles. The van der Waals surface area contributed by atoms with E-state index in [1.807, 2.05) is 6.07 Å². The molecule has 0 saturated heterocycles. The molecular weight excluding hydrogens is 1420 g/mol. The number of carbonyl (C=O) groups is 3. The smallest absolute Gasteiger partial charge is 0.870 e. The molecule has 5 aromatic carbocycles. The summed E-state index contributed by atoms with van der Waals surface area (Å²) in [5.74, 6) is 1.51. The average molecular weight is 1480 g/mol. The van der Waals surface area contributed by atoms with Gasteiger partial charge in [0.25, 0.3) is 0 Å². The third kappa shape index (κ3) is 23.5. The first-order valence-corrected chi connectivity index (χ1v) is 30.5. The fourth-order valence-corrected chi connectivity index (χ4v) is 9.25. The molecule has 29 nitrogen and oxygen atoms in total. The van der Waals surface area contributed by atoms with Gasteiger partial charge < -0.3 is 43.7 Å². The van der Waals surface area contributed by atoms with Crippen LogP contribution >= 0.6 is 12.4 Å². The van der Waals surface area contributed by atoms with Crippen molar-refractivity contribution in [3.63, 3.8) is 0 Å². The molecule has 0 saturated carbocycles. The van der Waals surface area contributed by atoms with Gasteiger partial charge in [-0.3, -0.25) is 40.2 Å². The first-order chi connectivity index (χ1) is 49.9. The molecule has 14 aromatic rings. The van der Waals surface area contributed by atoms with Gasteiger partial charge in [0.05, 0.1) is 55.6 Å². The Morgan fingerprint density at radius 2 is 0.822 bits per heavy atom. The second-order valence-corrected chi connectivity index (χ2v) is 21.2. The number of nitrogen functional groups attached to an aromatic ring is 1. The van der Waals surface area contributed by atoms with E-state index in [9.17, 15) is 36.3 Å². The maximum absolute atomic E-state index is 13.9. The van der Waals surface area contributed by atoms with Gasteiger partial charge in [-0.1, -0.05) is 124 Å². The number of hydrogen-bond acceptors (Lipinski definition) is 23. The van der Waals surface area contributed by atoms with Gasteiger partial charge in [0.15, 0.2) is 22.9 Å². The summed E-state index contributed by atoms with van der Waals surface area (Å²) < 4.78 is 102. The molecule has 0 spiro atoms. The van der Waals surface area contributed by atoms with Crippen LogP contribution in [0.2, 0.25) is 0 Å². The Balaban J connectivity index is 0.000000235. The van der Waals surface area contributed by atoms with Crippen molar-refractivity contribution in [1.29, 1.82) is 10.7 Å². The van der Waals surface area contributed by atoms with Gasteiger partial charge in [0.1, 0.15) is 106 Å². The number of rotatable bonds is 19. The van der Waals surface area contributed by atoms with Gasteiger partial charge in [-0.15, -0.1) is 12.4 Å². The minimum absolute atomic E-state index is 0. The van der Waals surface area contributed by atoms with Crippen molar-refractivity contribution < 1.29 is 93.1 Å². The summed E-state index contributed by atoms with van der Waals surface area (Å²) >= 11 is 0. The number of hydrogen-bond donors (Lipinski definition) is 5. The van der Waals surface area contributed by atoms with Gasteiger partial charge in [-0.2, -0.15) is 25.7 Å². The number of halogens is 6. The monoisotopic (exact) mass is 1480 g/mol. The average Bonchev–Trinajstić information content (AvgIpc) is 1.65. The van der Waals surface area contributed by atoms with Gasteiger partial charge in [-0.05, 0) is 43.3 Å². The number of aromatic carboxylic acids is 1. The van der Waals surface area contributed by atoms with E-state index in [0.717, 1.165) is 0 Å². The molecule has 0 bridgehead atoms. The summed E-state index contributed by atoms with van der Waals surface area (Å²) in [6.45, 7) is 4.46. The number of carboxylic acid groups (broad SMARTS) is 1. The molecule has 0 aliphatic heterocycles. The van der Waals surface area contributed by atoms with Crippen molar-refractivity contribution in [3.05, 3.63) is 293 Å². The number of amidine groups is 1. The SMILES string of the molecule is C.CC(=O)c1ccon1.CCOC(=O)c1cc(-c2ccon2)n(Cc2ccccc2F)n1.Cl.N#Cc1cc(-c2ccon2)n(Cc2ccccc2F)n1.N=C(N)c1cc(-c2ccon2)n(Cc2ccccc2F)n1.NNCc1ccccc1F.O=C(O)c1cc(-c2ccon2)n(Cc2ccccc2F)n1.[Li+].[OH-]. The Bertz CT molecular complexity index is 4970. The zero-order chi connectivity index (χ0) is 73.2. The predicted molar refractivity (Wildman–Crippen MR) is 371 cm³/mol. The minimum Gasteiger partial charge on any atom is -0.870 e. The quantitative estimate of drug-likeness (QED) is 0.00735. The van der Waals surface area contributed by atoms with Crippen LogP contribution in [-0.2, 0) is 37.5 Å². The normalized spacial score (nSPS) is 10.0. The number of aromatic nitrogens is 13. The molecular formula is C71H65ClF5LiN18O11. The van der Waals surface area contributed by atoms with E-state index in [0.29, 0.717) is 91.3 Å². The van der Waals surface area contributed by atoms with E-state index >= 15 is 0 Å². The van der Waals surface area contributed by atoms with Crippen molar-refractivity contribution in [2.75, 3.05) is 6.61 Å². The molecule has 107 heavy (non-hydrogen) atoms. The summed E-state index contributed by atoms with van der Waals surface area (Å²) in [4.78, 5) is 33.3.